The van der Waals surface area contributed by atoms with Gasteiger partial charge < -0.3 is 5.73 Å². The van der Waals surface area contributed by atoms with Crippen LogP contribution in [0, 0.1) is 17.2 Å². The molecule has 0 aliphatic carbocycles. The summed E-state index contributed by atoms with van der Waals surface area (Å²) in [4.78, 5) is 29.6. The molecule has 0 saturated carbocycles. The second kappa shape index (κ2) is 11.2. The molecule has 0 atom stereocenters. The number of nitrogens with two attached hydrogens (primary N) is 1. The van der Waals surface area contributed by atoms with Gasteiger partial charge in [-0.25, -0.2) is 14.6 Å². The van der Waals surface area contributed by atoms with Crippen molar-refractivity contribution in [2.45, 2.75) is 26.8 Å². The lowest BCUT2D eigenvalue weighted by Crippen LogP contribution is -2.05. The van der Waals surface area contributed by atoms with Gasteiger partial charge in [-0.3, -0.25) is 4.98 Å². The van der Waals surface area contributed by atoms with Gasteiger partial charge in [-0.1, -0.05) is 37.3 Å². The van der Waals surface area contributed by atoms with Crippen molar-refractivity contribution < 1.29 is 9.59 Å². The van der Waals surface area contributed by atoms with Gasteiger partial charge >= 0.3 is 6.15 Å². The molecule has 0 spiro atoms. The number of hydrogen-bond acceptors (Lipinski definition) is 9. The summed E-state index contributed by atoms with van der Waals surface area (Å²) in [7, 11) is 0. The molecule has 0 radical (unpaired) electrons. The molecule has 4 rings (SSSR count). The first-order chi connectivity index (χ1) is 16.4. The maximum absolute atomic E-state index is 9.15. The third kappa shape index (κ3) is 6.38. The molecule has 34 heavy (non-hydrogen) atoms. The van der Waals surface area contributed by atoms with Gasteiger partial charge in [0.05, 0.1) is 41.5 Å². The largest absolute Gasteiger partial charge is 0.373 e. The van der Waals surface area contributed by atoms with E-state index in [0.29, 0.717) is 35.1 Å². The van der Waals surface area contributed by atoms with Gasteiger partial charge in [-0.2, -0.15) is 14.9 Å². The summed E-state index contributed by atoms with van der Waals surface area (Å²) in [5, 5.41) is 17.6. The van der Waals surface area contributed by atoms with Crippen LogP contribution in [0.3, 0.4) is 0 Å². The lowest BCUT2D eigenvalue weighted by molar-refractivity contribution is -0.191. The monoisotopic (exact) mass is 454 g/mol. The van der Waals surface area contributed by atoms with Crippen molar-refractivity contribution in [3.05, 3.63) is 71.7 Å². The average molecular weight is 454 g/mol. The van der Waals surface area contributed by atoms with Crippen LogP contribution >= 0.6 is 0 Å². The smallest absolute Gasteiger partial charge is 0.368 e. The Morgan fingerprint density at radius 2 is 1.68 bits per heavy atom. The summed E-state index contributed by atoms with van der Waals surface area (Å²) in [6.07, 6.45) is 3.00. The van der Waals surface area contributed by atoms with Crippen molar-refractivity contribution in [1.29, 1.82) is 5.26 Å². The quantitative estimate of drug-likeness (QED) is 0.463. The molecule has 0 amide bonds. The van der Waals surface area contributed by atoms with Crippen LogP contribution < -0.4 is 5.73 Å². The fraction of sp³-hybridized carbons (Fsp3) is 0.208. The van der Waals surface area contributed by atoms with E-state index in [0.717, 1.165) is 23.4 Å². The molecule has 0 fully saturated rings. The summed E-state index contributed by atoms with van der Waals surface area (Å²) < 4.78 is 1.73. The molecule has 0 saturated heterocycles. The fourth-order valence-electron chi connectivity index (χ4n) is 3.30. The maximum atomic E-state index is 9.15. The van der Waals surface area contributed by atoms with Crippen LogP contribution in [0.25, 0.3) is 22.6 Å². The van der Waals surface area contributed by atoms with E-state index in [1.165, 1.54) is 0 Å². The predicted octanol–water partition coefficient (Wildman–Crippen LogP) is 2.91. The maximum Gasteiger partial charge on any atom is 0.373 e. The molecule has 4 aromatic rings. The first kappa shape index (κ1) is 23.9. The van der Waals surface area contributed by atoms with Gasteiger partial charge in [0.1, 0.15) is 5.69 Å². The van der Waals surface area contributed by atoms with Crippen LogP contribution in [0.2, 0.25) is 0 Å². The van der Waals surface area contributed by atoms with E-state index in [2.05, 4.69) is 40.2 Å². The molecule has 0 bridgehead atoms. The highest BCUT2D eigenvalue weighted by Gasteiger charge is 2.12. The molecule has 3 aromatic heterocycles. The summed E-state index contributed by atoms with van der Waals surface area (Å²) >= 11 is 0. The lowest BCUT2D eigenvalue weighted by Gasteiger charge is -2.06. The predicted molar refractivity (Wildman–Crippen MR) is 122 cm³/mol. The highest BCUT2D eigenvalue weighted by atomic mass is 16.2. The van der Waals surface area contributed by atoms with E-state index in [1.807, 2.05) is 36.5 Å². The molecule has 170 valence electrons. The average Bonchev–Trinajstić information content (AvgIpc) is 3.27. The third-order valence-corrected chi connectivity index (χ3v) is 4.64. The van der Waals surface area contributed by atoms with E-state index in [1.54, 1.807) is 22.9 Å². The number of aromatic nitrogens is 6. The Balaban J connectivity index is 0.00000103. The second-order valence-corrected chi connectivity index (χ2v) is 7.79. The zero-order chi connectivity index (χ0) is 24.5. The highest BCUT2D eigenvalue weighted by molar-refractivity contribution is 5.68. The van der Waals surface area contributed by atoms with Gasteiger partial charge in [0.25, 0.3) is 0 Å². The van der Waals surface area contributed by atoms with E-state index in [-0.39, 0.29) is 12.1 Å². The van der Waals surface area contributed by atoms with E-state index in [9.17, 15) is 0 Å². The molecular weight excluding hydrogens is 432 g/mol. The molecule has 0 aliphatic heterocycles. The number of nitriles is 1. The molecule has 1 aromatic carbocycles. The number of pyridine rings is 1. The Hall–Kier alpha value is -4.74. The number of hydrogen-bond donors (Lipinski definition) is 1. The normalized spacial score (nSPS) is 10.2. The minimum absolute atomic E-state index is 0.132. The van der Waals surface area contributed by atoms with Crippen LogP contribution in [-0.4, -0.2) is 36.1 Å². The number of benzene rings is 1. The topological polar surface area (TPSA) is 153 Å². The Morgan fingerprint density at radius 3 is 2.41 bits per heavy atom. The van der Waals surface area contributed by atoms with Crippen molar-refractivity contribution in [3.63, 3.8) is 0 Å². The Labute approximate surface area is 196 Å². The first-order valence-electron chi connectivity index (χ1n) is 10.4. The van der Waals surface area contributed by atoms with Crippen LogP contribution in [0.5, 0.6) is 0 Å². The second-order valence-electron chi connectivity index (χ2n) is 7.79. The van der Waals surface area contributed by atoms with E-state index in [4.69, 9.17) is 25.6 Å². The Morgan fingerprint density at radius 1 is 0.971 bits per heavy atom. The molecular formula is C24H22N8O2. The highest BCUT2D eigenvalue weighted by Crippen LogP contribution is 2.24. The summed E-state index contributed by atoms with van der Waals surface area (Å²) in [6, 6.07) is 17.2. The van der Waals surface area contributed by atoms with Crippen LogP contribution in [0.15, 0.2) is 54.7 Å². The van der Waals surface area contributed by atoms with Gasteiger partial charge in [0, 0.05) is 11.3 Å². The molecule has 0 aliphatic rings. The van der Waals surface area contributed by atoms with Gasteiger partial charge in [-0.05, 0) is 42.7 Å². The molecule has 10 nitrogen and oxygen atoms in total. The lowest BCUT2D eigenvalue weighted by atomic mass is 10.1. The van der Waals surface area contributed by atoms with Crippen LogP contribution in [-0.2, 0) is 22.6 Å². The van der Waals surface area contributed by atoms with Crippen LogP contribution in [0.1, 0.15) is 30.8 Å². The molecule has 0 unspecified atom stereocenters. The number of nitrogen functional groups attached to an aromatic ring is 1. The van der Waals surface area contributed by atoms with Gasteiger partial charge in [0.2, 0.25) is 5.95 Å². The standard InChI is InChI=1S/C23H22N8.CO2/c1-15(2)9-18-7-4-8-19(26-18)13-31-14-22(29-30-31)21-11-20(27-23(25)28-21)17-6-3-5-16(10-17)12-24;2-1-3/h3-8,10-11,14-15H,9,13H2,1-2H3,(H2,25,27,28);. The third-order valence-electron chi connectivity index (χ3n) is 4.64. The SMILES string of the molecule is CC(C)Cc1cccc(Cn2cc(-c3cc(-c4cccc(C#N)c4)nc(N)n3)nn2)n1.O=C=O. The Bertz CT molecular complexity index is 1350. The Kier molecular flexibility index (Phi) is 7.89. The van der Waals surface area contributed by atoms with Gasteiger partial charge in [-0.15, -0.1) is 5.10 Å². The number of carbonyl (C=O) groups excluding carboxylic acids is 2. The molecule has 2 N–H and O–H groups in total. The van der Waals surface area contributed by atoms with E-state index >= 15 is 0 Å². The number of anilines is 1. The van der Waals surface area contributed by atoms with Crippen molar-refractivity contribution in [2.24, 2.45) is 5.92 Å². The molecule has 3 heterocycles. The van der Waals surface area contributed by atoms with Crippen molar-refractivity contribution in [3.8, 4) is 28.7 Å². The summed E-state index contributed by atoms with van der Waals surface area (Å²) in [6.45, 7) is 4.86. The fourth-order valence-corrected chi connectivity index (χ4v) is 3.30. The van der Waals surface area contributed by atoms with Gasteiger partial charge in [0.15, 0.2) is 0 Å². The number of rotatable bonds is 6. The van der Waals surface area contributed by atoms with Crippen molar-refractivity contribution >= 4 is 12.1 Å². The zero-order valence-electron chi connectivity index (χ0n) is 18.7. The van der Waals surface area contributed by atoms with Crippen molar-refractivity contribution in [1.82, 2.24) is 29.9 Å². The van der Waals surface area contributed by atoms with Crippen LogP contribution in [0.4, 0.5) is 5.95 Å². The van der Waals surface area contributed by atoms with E-state index < -0.39 is 0 Å². The molecule has 10 heteroatoms. The zero-order valence-corrected chi connectivity index (χ0v) is 18.7. The van der Waals surface area contributed by atoms with Crippen molar-refractivity contribution in [2.75, 3.05) is 5.73 Å². The minimum Gasteiger partial charge on any atom is -0.368 e. The summed E-state index contributed by atoms with van der Waals surface area (Å²) in [5.41, 5.74) is 11.0. The summed E-state index contributed by atoms with van der Waals surface area (Å²) in [5.74, 6) is 0.680. The number of nitrogens with zero attached hydrogens (tertiary/aromatic N) is 7. The minimum atomic E-state index is 0.132. The first-order valence-corrected chi connectivity index (χ1v) is 10.4.